The Balaban J connectivity index is 3.29. The van der Waals surface area contributed by atoms with Crippen molar-refractivity contribution < 1.29 is 17.9 Å². The molecule has 0 aliphatic rings. The lowest BCUT2D eigenvalue weighted by atomic mass is 10.3. The van der Waals surface area contributed by atoms with Gasteiger partial charge in [-0.2, -0.15) is 0 Å². The molecule has 9 heteroatoms. The summed E-state index contributed by atoms with van der Waals surface area (Å²) in [4.78, 5) is 11.3. The number of hydrogen-bond acceptors (Lipinski definition) is 4. The summed E-state index contributed by atoms with van der Waals surface area (Å²) in [6.45, 7) is 0. The average molecular weight is 416 g/mol. The number of halogens is 2. The summed E-state index contributed by atoms with van der Waals surface area (Å²) in [6.07, 6.45) is -0.649. The number of amides is 1. The van der Waals surface area contributed by atoms with Gasteiger partial charge in [-0.3, -0.25) is 5.32 Å². The first-order valence-corrected chi connectivity index (χ1v) is 7.99. The predicted octanol–water partition coefficient (Wildman–Crippen LogP) is 2.64. The van der Waals surface area contributed by atoms with Crippen LogP contribution in [0.5, 0.6) is 0 Å². The smallest absolute Gasteiger partial charge is 0.411 e. The number of anilines is 1. The van der Waals surface area contributed by atoms with E-state index in [-0.39, 0.29) is 4.90 Å². The normalized spacial score (nSPS) is 11.5. The fourth-order valence-electron chi connectivity index (χ4n) is 1.18. The largest absolute Gasteiger partial charge is 0.453 e. The van der Waals surface area contributed by atoms with E-state index in [0.29, 0.717) is 14.6 Å². The van der Waals surface area contributed by atoms with E-state index >= 15 is 0 Å². The Bertz CT molecular complexity index is 579. The summed E-state index contributed by atoms with van der Waals surface area (Å²) in [6, 6.07) is 2.82. The zero-order valence-electron chi connectivity index (χ0n) is 10.4. The van der Waals surface area contributed by atoms with Crippen molar-refractivity contribution in [2.45, 2.75) is 4.90 Å². The van der Waals surface area contributed by atoms with Crippen molar-refractivity contribution >= 4 is 53.7 Å². The first-order valence-electron chi connectivity index (χ1n) is 4.96. The van der Waals surface area contributed by atoms with Gasteiger partial charge in [0.05, 0.1) is 17.7 Å². The Morgan fingerprint density at radius 1 is 1.26 bits per heavy atom. The third kappa shape index (κ3) is 3.68. The molecule has 1 amide bonds. The summed E-state index contributed by atoms with van der Waals surface area (Å²) < 4.78 is 30.4. The van der Waals surface area contributed by atoms with Gasteiger partial charge in [0.1, 0.15) is 0 Å². The van der Waals surface area contributed by atoms with Gasteiger partial charge in [-0.15, -0.1) is 0 Å². The van der Waals surface area contributed by atoms with E-state index in [1.54, 1.807) is 0 Å². The zero-order chi connectivity index (χ0) is 14.8. The number of nitrogens with zero attached hydrogens (tertiary/aromatic N) is 1. The van der Waals surface area contributed by atoms with Crippen LogP contribution >= 0.6 is 31.9 Å². The van der Waals surface area contributed by atoms with E-state index in [4.69, 9.17) is 0 Å². The minimum atomic E-state index is -3.54. The number of hydrogen-bond donors (Lipinski definition) is 1. The van der Waals surface area contributed by atoms with Gasteiger partial charge >= 0.3 is 6.09 Å². The zero-order valence-corrected chi connectivity index (χ0v) is 14.4. The molecule has 0 radical (unpaired) electrons. The second-order valence-corrected chi connectivity index (χ2v) is 7.53. The maximum atomic E-state index is 12.0. The number of benzene rings is 1. The molecule has 106 valence electrons. The molecule has 0 aliphatic carbocycles. The van der Waals surface area contributed by atoms with Gasteiger partial charge in [-0.1, -0.05) is 0 Å². The number of sulfonamides is 1. The first kappa shape index (κ1) is 16.4. The van der Waals surface area contributed by atoms with E-state index < -0.39 is 16.1 Å². The van der Waals surface area contributed by atoms with Gasteiger partial charge < -0.3 is 4.74 Å². The molecule has 0 heterocycles. The number of carbonyl (C=O) groups is 1. The summed E-state index contributed by atoms with van der Waals surface area (Å²) in [7, 11) is 0.579. The summed E-state index contributed by atoms with van der Waals surface area (Å²) in [5.74, 6) is 0. The molecule has 1 aromatic rings. The Morgan fingerprint density at radius 2 is 1.74 bits per heavy atom. The van der Waals surface area contributed by atoms with Crippen molar-refractivity contribution in [1.82, 2.24) is 4.31 Å². The number of carbonyl (C=O) groups excluding carboxylic acids is 1. The first-order chi connectivity index (χ1) is 8.70. The SMILES string of the molecule is COC(=O)Nc1c(Br)cc(S(=O)(=O)N(C)C)cc1Br. The van der Waals surface area contributed by atoms with Crippen molar-refractivity contribution in [2.75, 3.05) is 26.5 Å². The fraction of sp³-hybridized carbons (Fsp3) is 0.300. The summed E-state index contributed by atoms with van der Waals surface area (Å²) >= 11 is 6.43. The van der Waals surface area contributed by atoms with Gasteiger partial charge in [0.25, 0.3) is 0 Å². The van der Waals surface area contributed by atoms with E-state index in [1.165, 1.54) is 33.3 Å². The molecule has 0 atom stereocenters. The Morgan fingerprint density at radius 3 is 2.11 bits per heavy atom. The van der Waals surface area contributed by atoms with Gasteiger partial charge in [-0.25, -0.2) is 17.5 Å². The molecular formula is C10H12Br2N2O4S. The van der Waals surface area contributed by atoms with E-state index in [9.17, 15) is 13.2 Å². The number of methoxy groups -OCH3 is 1. The van der Waals surface area contributed by atoms with Gasteiger partial charge in [0, 0.05) is 23.0 Å². The van der Waals surface area contributed by atoms with E-state index in [2.05, 4.69) is 41.9 Å². The average Bonchev–Trinajstić information content (AvgIpc) is 2.32. The van der Waals surface area contributed by atoms with Crippen molar-refractivity contribution in [3.63, 3.8) is 0 Å². The Labute approximate surface area is 128 Å². The molecule has 1 rings (SSSR count). The van der Waals surface area contributed by atoms with Gasteiger partial charge in [0.2, 0.25) is 10.0 Å². The molecule has 0 aliphatic heterocycles. The molecule has 1 aromatic carbocycles. The van der Waals surface area contributed by atoms with Crippen LogP contribution in [-0.2, 0) is 14.8 Å². The van der Waals surface area contributed by atoms with Crippen LogP contribution in [0.4, 0.5) is 10.5 Å². The number of rotatable bonds is 3. The van der Waals surface area contributed by atoms with Crippen LogP contribution in [0.1, 0.15) is 0 Å². The maximum Gasteiger partial charge on any atom is 0.411 e. The lowest BCUT2D eigenvalue weighted by Crippen LogP contribution is -2.22. The lowest BCUT2D eigenvalue weighted by Gasteiger charge is -2.14. The molecule has 0 aromatic heterocycles. The minimum Gasteiger partial charge on any atom is -0.453 e. The highest BCUT2D eigenvalue weighted by atomic mass is 79.9. The lowest BCUT2D eigenvalue weighted by molar-refractivity contribution is 0.187. The minimum absolute atomic E-state index is 0.103. The van der Waals surface area contributed by atoms with Crippen molar-refractivity contribution in [1.29, 1.82) is 0 Å². The standard InChI is InChI=1S/C10H12Br2N2O4S/c1-14(2)19(16,17)6-4-7(11)9(8(12)5-6)13-10(15)18-3/h4-5H,1-3H3,(H,13,15). The van der Waals surface area contributed by atoms with Crippen LogP contribution < -0.4 is 5.32 Å². The monoisotopic (exact) mass is 414 g/mol. The maximum absolute atomic E-state index is 12.0. The highest BCUT2D eigenvalue weighted by Gasteiger charge is 2.21. The third-order valence-electron chi connectivity index (χ3n) is 2.21. The molecule has 0 fully saturated rings. The third-order valence-corrected chi connectivity index (χ3v) is 5.25. The van der Waals surface area contributed by atoms with Crippen LogP contribution in [0.2, 0.25) is 0 Å². The van der Waals surface area contributed by atoms with Crippen LogP contribution in [0.15, 0.2) is 26.0 Å². The second-order valence-electron chi connectivity index (χ2n) is 3.67. The van der Waals surface area contributed by atoms with Crippen LogP contribution in [0, 0.1) is 0 Å². The van der Waals surface area contributed by atoms with Crippen LogP contribution in [0.25, 0.3) is 0 Å². The molecule has 0 bridgehead atoms. The van der Waals surface area contributed by atoms with Crippen molar-refractivity contribution in [2.24, 2.45) is 0 Å². The fourth-order valence-corrected chi connectivity index (χ4v) is 3.83. The van der Waals surface area contributed by atoms with Gasteiger partial charge in [0.15, 0.2) is 0 Å². The van der Waals surface area contributed by atoms with E-state index in [0.717, 1.165) is 4.31 Å². The molecule has 6 nitrogen and oxygen atoms in total. The Kier molecular flexibility index (Phi) is 5.36. The summed E-state index contributed by atoms with van der Waals surface area (Å²) in [5.41, 5.74) is 0.393. The van der Waals surface area contributed by atoms with Crippen LogP contribution in [0.3, 0.4) is 0 Å². The van der Waals surface area contributed by atoms with Crippen molar-refractivity contribution in [3.05, 3.63) is 21.1 Å². The molecule has 0 unspecified atom stereocenters. The molecular weight excluding hydrogens is 404 g/mol. The van der Waals surface area contributed by atoms with E-state index in [1.807, 2.05) is 0 Å². The number of nitrogens with one attached hydrogen (secondary N) is 1. The van der Waals surface area contributed by atoms with Gasteiger partial charge in [-0.05, 0) is 44.0 Å². The Hall–Kier alpha value is -0.640. The van der Waals surface area contributed by atoms with Crippen LogP contribution in [-0.4, -0.2) is 40.0 Å². The molecule has 19 heavy (non-hydrogen) atoms. The molecule has 1 N–H and O–H groups in total. The summed E-state index contributed by atoms with van der Waals surface area (Å²) in [5, 5.41) is 2.47. The molecule has 0 spiro atoms. The quantitative estimate of drug-likeness (QED) is 0.823. The topological polar surface area (TPSA) is 75.7 Å². The molecule has 0 saturated heterocycles. The predicted molar refractivity (Wildman–Crippen MR) is 78.7 cm³/mol. The molecule has 0 saturated carbocycles. The second kappa shape index (κ2) is 6.21. The highest BCUT2D eigenvalue weighted by Crippen LogP contribution is 2.34. The number of ether oxygens (including phenoxy) is 1. The highest BCUT2D eigenvalue weighted by molar-refractivity contribution is 9.11. The van der Waals surface area contributed by atoms with Crippen molar-refractivity contribution in [3.8, 4) is 0 Å².